The summed E-state index contributed by atoms with van der Waals surface area (Å²) in [4.78, 5) is 0. The standard InChI is InChI=1S/C17H20/c1-7-13(5)15(8-2)16-11-9-10-14(6)17(16)12(3)4/h7-11H,1-3H2,4-6H3/b15-13+. The smallest absolute Gasteiger partial charge is 0.0104 e. The average Bonchev–Trinajstić information content (AvgIpc) is 2.29. The topological polar surface area (TPSA) is 0 Å². The highest BCUT2D eigenvalue weighted by Crippen LogP contribution is 2.30. The van der Waals surface area contributed by atoms with E-state index in [0.717, 1.165) is 16.7 Å². The summed E-state index contributed by atoms with van der Waals surface area (Å²) in [6.45, 7) is 18.0. The summed E-state index contributed by atoms with van der Waals surface area (Å²) >= 11 is 0. The molecule has 0 nitrogen and oxygen atoms in total. The average molecular weight is 224 g/mol. The number of hydrogen-bond acceptors (Lipinski definition) is 0. The van der Waals surface area contributed by atoms with Crippen molar-refractivity contribution < 1.29 is 0 Å². The van der Waals surface area contributed by atoms with Crippen LogP contribution in [0, 0.1) is 6.92 Å². The largest absolute Gasteiger partial charge is 0.0988 e. The van der Waals surface area contributed by atoms with Crippen molar-refractivity contribution in [3.05, 3.63) is 72.4 Å². The molecule has 0 heterocycles. The van der Waals surface area contributed by atoms with Crippen LogP contribution in [0.15, 0.2) is 55.7 Å². The summed E-state index contributed by atoms with van der Waals surface area (Å²) in [5.74, 6) is 0. The Hall–Kier alpha value is -1.82. The van der Waals surface area contributed by atoms with Crippen molar-refractivity contribution in [2.75, 3.05) is 0 Å². The molecule has 0 radical (unpaired) electrons. The van der Waals surface area contributed by atoms with E-state index in [0.29, 0.717) is 0 Å². The van der Waals surface area contributed by atoms with Gasteiger partial charge in [0, 0.05) is 0 Å². The maximum atomic E-state index is 4.07. The molecule has 0 aliphatic carbocycles. The Morgan fingerprint density at radius 2 is 1.76 bits per heavy atom. The third-order valence-electron chi connectivity index (χ3n) is 2.92. The summed E-state index contributed by atoms with van der Waals surface area (Å²) in [7, 11) is 0. The first kappa shape index (κ1) is 13.2. The lowest BCUT2D eigenvalue weighted by Gasteiger charge is -2.15. The second-order valence-electron chi connectivity index (χ2n) is 4.28. The van der Waals surface area contributed by atoms with E-state index in [1.807, 2.05) is 19.1 Å². The molecule has 1 aromatic rings. The van der Waals surface area contributed by atoms with E-state index in [4.69, 9.17) is 0 Å². The molecule has 0 amide bonds. The second-order valence-corrected chi connectivity index (χ2v) is 4.28. The highest BCUT2D eigenvalue weighted by Gasteiger charge is 2.09. The van der Waals surface area contributed by atoms with Gasteiger partial charge in [-0.1, -0.05) is 55.7 Å². The summed E-state index contributed by atoms with van der Waals surface area (Å²) in [6, 6.07) is 6.29. The van der Waals surface area contributed by atoms with Crippen molar-refractivity contribution in [1.29, 1.82) is 0 Å². The highest BCUT2D eigenvalue weighted by atomic mass is 14.1. The third-order valence-corrected chi connectivity index (χ3v) is 2.92. The molecular formula is C17H20. The van der Waals surface area contributed by atoms with Crippen molar-refractivity contribution in [2.45, 2.75) is 20.8 Å². The molecule has 0 fully saturated rings. The Labute approximate surface area is 105 Å². The fourth-order valence-electron chi connectivity index (χ4n) is 2.05. The van der Waals surface area contributed by atoms with Crippen LogP contribution >= 0.6 is 0 Å². The predicted molar refractivity (Wildman–Crippen MR) is 78.9 cm³/mol. The Balaban J connectivity index is 3.61. The molecule has 0 aliphatic rings. The summed E-state index contributed by atoms with van der Waals surface area (Å²) in [5.41, 5.74) is 6.98. The maximum absolute atomic E-state index is 4.07. The molecule has 0 bridgehead atoms. The van der Waals surface area contributed by atoms with Gasteiger partial charge in [-0.3, -0.25) is 0 Å². The van der Waals surface area contributed by atoms with Crippen LogP contribution in [0.4, 0.5) is 0 Å². The minimum absolute atomic E-state index is 1.08. The van der Waals surface area contributed by atoms with Gasteiger partial charge in [0.05, 0.1) is 0 Å². The first-order valence-corrected chi connectivity index (χ1v) is 5.74. The van der Waals surface area contributed by atoms with Crippen LogP contribution in [-0.2, 0) is 0 Å². The van der Waals surface area contributed by atoms with Gasteiger partial charge in [0.2, 0.25) is 0 Å². The Morgan fingerprint density at radius 3 is 2.24 bits per heavy atom. The van der Waals surface area contributed by atoms with Crippen LogP contribution in [0.1, 0.15) is 30.5 Å². The van der Waals surface area contributed by atoms with Gasteiger partial charge in [0.1, 0.15) is 0 Å². The van der Waals surface area contributed by atoms with Crippen LogP contribution in [0.2, 0.25) is 0 Å². The molecule has 0 saturated carbocycles. The lowest BCUT2D eigenvalue weighted by molar-refractivity contribution is 1.38. The number of allylic oxidation sites excluding steroid dienone is 5. The van der Waals surface area contributed by atoms with E-state index < -0.39 is 0 Å². The molecule has 1 rings (SSSR count). The Morgan fingerprint density at radius 1 is 1.12 bits per heavy atom. The van der Waals surface area contributed by atoms with E-state index in [9.17, 15) is 0 Å². The molecule has 0 unspecified atom stereocenters. The van der Waals surface area contributed by atoms with Crippen LogP contribution in [0.3, 0.4) is 0 Å². The number of rotatable bonds is 4. The highest BCUT2D eigenvalue weighted by molar-refractivity contribution is 5.86. The molecule has 0 N–H and O–H groups in total. The van der Waals surface area contributed by atoms with Gasteiger partial charge in [0.25, 0.3) is 0 Å². The van der Waals surface area contributed by atoms with Crippen molar-refractivity contribution in [2.24, 2.45) is 0 Å². The molecule has 17 heavy (non-hydrogen) atoms. The summed E-state index contributed by atoms with van der Waals surface area (Å²) in [6.07, 6.45) is 3.75. The zero-order valence-electron chi connectivity index (χ0n) is 11.0. The number of aryl methyl sites for hydroxylation is 1. The van der Waals surface area contributed by atoms with Gasteiger partial charge < -0.3 is 0 Å². The van der Waals surface area contributed by atoms with Crippen LogP contribution in [0.25, 0.3) is 11.1 Å². The zero-order chi connectivity index (χ0) is 13.0. The molecule has 0 spiro atoms. The van der Waals surface area contributed by atoms with Gasteiger partial charge in [0.15, 0.2) is 0 Å². The van der Waals surface area contributed by atoms with E-state index in [1.165, 1.54) is 16.7 Å². The normalized spacial score (nSPS) is 11.7. The molecule has 0 saturated heterocycles. The molecule has 0 atom stereocenters. The fraction of sp³-hybridized carbons (Fsp3) is 0.176. The molecule has 0 aliphatic heterocycles. The lowest BCUT2D eigenvalue weighted by Crippen LogP contribution is -1.94. The first-order chi connectivity index (χ1) is 8.02. The SMILES string of the molecule is C=C/C(C)=C(\C=C)c1cccc(C)c1C(=C)C. The molecule has 0 aromatic heterocycles. The van der Waals surface area contributed by atoms with Gasteiger partial charge in [-0.2, -0.15) is 0 Å². The predicted octanol–water partition coefficient (Wildman–Crippen LogP) is 5.17. The monoisotopic (exact) mass is 224 g/mol. The van der Waals surface area contributed by atoms with E-state index >= 15 is 0 Å². The van der Waals surface area contributed by atoms with Gasteiger partial charge in [-0.05, 0) is 48.6 Å². The maximum Gasteiger partial charge on any atom is -0.0104 e. The van der Waals surface area contributed by atoms with Gasteiger partial charge >= 0.3 is 0 Å². The molecule has 1 aromatic carbocycles. The number of benzene rings is 1. The molecule has 0 heteroatoms. The van der Waals surface area contributed by atoms with E-state index in [-0.39, 0.29) is 0 Å². The zero-order valence-corrected chi connectivity index (χ0v) is 11.0. The van der Waals surface area contributed by atoms with E-state index in [1.54, 1.807) is 0 Å². The quantitative estimate of drug-likeness (QED) is 0.619. The lowest BCUT2D eigenvalue weighted by atomic mass is 9.90. The van der Waals surface area contributed by atoms with Crippen molar-refractivity contribution in [3.8, 4) is 0 Å². The fourth-order valence-corrected chi connectivity index (χ4v) is 2.05. The summed E-state index contributed by atoms with van der Waals surface area (Å²) in [5, 5.41) is 0. The second kappa shape index (κ2) is 5.49. The van der Waals surface area contributed by atoms with Crippen LogP contribution in [0.5, 0.6) is 0 Å². The van der Waals surface area contributed by atoms with Crippen molar-refractivity contribution >= 4 is 11.1 Å². The van der Waals surface area contributed by atoms with Crippen molar-refractivity contribution in [3.63, 3.8) is 0 Å². The minimum atomic E-state index is 1.08. The summed E-state index contributed by atoms with van der Waals surface area (Å²) < 4.78 is 0. The minimum Gasteiger partial charge on any atom is -0.0988 e. The van der Waals surface area contributed by atoms with Gasteiger partial charge in [-0.15, -0.1) is 0 Å². The van der Waals surface area contributed by atoms with Crippen molar-refractivity contribution in [1.82, 2.24) is 0 Å². The van der Waals surface area contributed by atoms with E-state index in [2.05, 4.69) is 51.8 Å². The first-order valence-electron chi connectivity index (χ1n) is 5.74. The number of hydrogen-bond donors (Lipinski definition) is 0. The molecular weight excluding hydrogens is 204 g/mol. The van der Waals surface area contributed by atoms with Crippen LogP contribution in [-0.4, -0.2) is 0 Å². The Bertz CT molecular complexity index is 499. The Kier molecular flexibility index (Phi) is 4.28. The third kappa shape index (κ3) is 2.65. The molecule has 88 valence electrons. The van der Waals surface area contributed by atoms with Crippen LogP contribution < -0.4 is 0 Å². The van der Waals surface area contributed by atoms with Gasteiger partial charge in [-0.25, -0.2) is 0 Å².